The van der Waals surface area contributed by atoms with Crippen LogP contribution in [0, 0.1) is 5.82 Å². The predicted octanol–water partition coefficient (Wildman–Crippen LogP) is 6.52. The molecule has 3 aromatic carbocycles. The van der Waals surface area contributed by atoms with E-state index in [0.29, 0.717) is 22.8 Å². The lowest BCUT2D eigenvalue weighted by molar-refractivity contribution is -0.141. The van der Waals surface area contributed by atoms with Crippen molar-refractivity contribution < 1.29 is 14.0 Å². The first-order valence-corrected chi connectivity index (χ1v) is 13.3. The van der Waals surface area contributed by atoms with E-state index in [-0.39, 0.29) is 24.8 Å². The van der Waals surface area contributed by atoms with Gasteiger partial charge >= 0.3 is 0 Å². The maximum atomic E-state index is 14.6. The largest absolute Gasteiger partial charge is 0.350 e. The molecule has 0 heterocycles. The number of benzene rings is 3. The van der Waals surface area contributed by atoms with Crippen LogP contribution in [-0.4, -0.2) is 34.0 Å². The number of rotatable bonds is 10. The molecule has 3 aromatic rings. The Morgan fingerprint density at radius 2 is 1.61 bits per heavy atom. The number of nitrogens with one attached hydrogen (secondary N) is 1. The topological polar surface area (TPSA) is 49.4 Å². The van der Waals surface area contributed by atoms with Crippen molar-refractivity contribution in [2.45, 2.75) is 56.6 Å². The van der Waals surface area contributed by atoms with Crippen molar-refractivity contribution >= 4 is 35.2 Å². The van der Waals surface area contributed by atoms with Crippen molar-refractivity contribution in [2.24, 2.45) is 0 Å². The molecule has 3 rings (SSSR count). The van der Waals surface area contributed by atoms with Crippen molar-refractivity contribution in [2.75, 3.05) is 5.75 Å². The van der Waals surface area contributed by atoms with Gasteiger partial charge in [0, 0.05) is 46.2 Å². The molecule has 0 fully saturated rings. The lowest BCUT2D eigenvalue weighted by atomic mass is 10.0. The number of thioether (sulfide) groups is 1. The lowest BCUT2D eigenvalue weighted by Crippen LogP contribution is -2.54. The van der Waals surface area contributed by atoms with Crippen molar-refractivity contribution in [1.29, 1.82) is 0 Å². The van der Waals surface area contributed by atoms with Crippen molar-refractivity contribution in [1.82, 2.24) is 10.2 Å². The van der Waals surface area contributed by atoms with Crippen LogP contribution in [0.1, 0.15) is 38.3 Å². The molecule has 2 amide bonds. The zero-order chi connectivity index (χ0) is 26.1. The summed E-state index contributed by atoms with van der Waals surface area (Å²) in [7, 11) is 0. The van der Waals surface area contributed by atoms with Crippen LogP contribution in [0.2, 0.25) is 5.02 Å². The molecule has 4 nitrogen and oxygen atoms in total. The molecular weight excluding hydrogens is 495 g/mol. The minimum atomic E-state index is -0.792. The van der Waals surface area contributed by atoms with Crippen LogP contribution in [0.15, 0.2) is 83.8 Å². The highest BCUT2D eigenvalue weighted by Crippen LogP contribution is 2.23. The normalized spacial score (nSPS) is 12.1. The van der Waals surface area contributed by atoms with Gasteiger partial charge in [0.2, 0.25) is 11.8 Å². The molecule has 0 saturated carbocycles. The van der Waals surface area contributed by atoms with Gasteiger partial charge < -0.3 is 10.2 Å². The molecule has 0 aliphatic carbocycles. The fourth-order valence-corrected chi connectivity index (χ4v) is 4.71. The molecule has 0 aliphatic heterocycles. The maximum Gasteiger partial charge on any atom is 0.243 e. The molecule has 0 aliphatic rings. The summed E-state index contributed by atoms with van der Waals surface area (Å²) >= 11 is 7.50. The van der Waals surface area contributed by atoms with E-state index in [1.165, 1.54) is 22.7 Å². The van der Waals surface area contributed by atoms with E-state index < -0.39 is 17.4 Å². The van der Waals surface area contributed by atoms with Gasteiger partial charge in [-0.1, -0.05) is 60.1 Å². The first-order chi connectivity index (χ1) is 17.1. The van der Waals surface area contributed by atoms with E-state index in [1.54, 1.807) is 18.2 Å². The summed E-state index contributed by atoms with van der Waals surface area (Å²) in [5.41, 5.74) is 0.814. The zero-order valence-electron chi connectivity index (χ0n) is 20.8. The molecule has 0 aromatic heterocycles. The summed E-state index contributed by atoms with van der Waals surface area (Å²) < 4.78 is 14.6. The van der Waals surface area contributed by atoms with Gasteiger partial charge in [-0.05, 0) is 56.7 Å². The van der Waals surface area contributed by atoms with E-state index in [2.05, 4.69) is 5.32 Å². The van der Waals surface area contributed by atoms with Crippen LogP contribution in [0.5, 0.6) is 0 Å². The van der Waals surface area contributed by atoms with E-state index in [0.717, 1.165) is 10.5 Å². The first kappa shape index (κ1) is 27.8. The number of carbonyl (C=O) groups excluding carboxylic acids is 2. The summed E-state index contributed by atoms with van der Waals surface area (Å²) in [5, 5.41) is 3.67. The highest BCUT2D eigenvalue weighted by molar-refractivity contribution is 7.99. The van der Waals surface area contributed by atoms with Gasteiger partial charge in [0.1, 0.15) is 11.9 Å². The fraction of sp³-hybridized carbons (Fsp3) is 0.310. The minimum absolute atomic E-state index is 0.00613. The Labute approximate surface area is 222 Å². The Bertz CT molecular complexity index is 1150. The molecule has 1 atom stereocenters. The minimum Gasteiger partial charge on any atom is -0.350 e. The monoisotopic (exact) mass is 526 g/mol. The Kier molecular flexibility index (Phi) is 9.97. The van der Waals surface area contributed by atoms with E-state index in [1.807, 2.05) is 75.4 Å². The van der Waals surface area contributed by atoms with Crippen molar-refractivity contribution in [3.8, 4) is 0 Å². The Balaban J connectivity index is 1.87. The number of amides is 2. The van der Waals surface area contributed by atoms with Gasteiger partial charge in [0.05, 0.1) is 0 Å². The molecule has 1 N–H and O–H groups in total. The van der Waals surface area contributed by atoms with Crippen LogP contribution < -0.4 is 5.32 Å². The standard InChI is InChI=1S/C29H32ClFN2O2S/c1-29(2,3)32-28(35)26(19-21-9-5-4-6-10-21)33(20-22-11-7-8-12-25(22)31)27(34)17-18-36-24-15-13-23(30)14-16-24/h4-16,26H,17-20H2,1-3H3,(H,32,35)/t26-/m0/s1. The predicted molar refractivity (Wildman–Crippen MR) is 146 cm³/mol. The molecule has 36 heavy (non-hydrogen) atoms. The van der Waals surface area contributed by atoms with Crippen LogP contribution in [0.3, 0.4) is 0 Å². The molecule has 190 valence electrons. The van der Waals surface area contributed by atoms with E-state index in [4.69, 9.17) is 11.6 Å². The molecule has 0 unspecified atom stereocenters. The number of carbonyl (C=O) groups is 2. The number of nitrogens with zero attached hydrogens (tertiary/aromatic N) is 1. The third kappa shape index (κ3) is 8.68. The number of hydrogen-bond acceptors (Lipinski definition) is 3. The summed E-state index contributed by atoms with van der Waals surface area (Å²) in [4.78, 5) is 29.6. The highest BCUT2D eigenvalue weighted by Gasteiger charge is 2.32. The average molecular weight is 527 g/mol. The summed E-state index contributed by atoms with van der Waals surface area (Å²) in [6.45, 7) is 5.70. The zero-order valence-corrected chi connectivity index (χ0v) is 22.4. The van der Waals surface area contributed by atoms with Crippen LogP contribution in [-0.2, 0) is 22.6 Å². The molecule has 0 saturated heterocycles. The molecule has 0 spiro atoms. The van der Waals surface area contributed by atoms with E-state index >= 15 is 0 Å². The molecule has 0 bridgehead atoms. The molecular formula is C29H32ClFN2O2S. The van der Waals surface area contributed by atoms with Gasteiger partial charge in [0.15, 0.2) is 0 Å². The summed E-state index contributed by atoms with van der Waals surface area (Å²) in [6.07, 6.45) is 0.531. The van der Waals surface area contributed by atoms with Gasteiger partial charge in [-0.25, -0.2) is 4.39 Å². The van der Waals surface area contributed by atoms with Gasteiger partial charge in [-0.15, -0.1) is 11.8 Å². The summed E-state index contributed by atoms with van der Waals surface area (Å²) in [5.74, 6) is -0.348. The highest BCUT2D eigenvalue weighted by atomic mass is 35.5. The first-order valence-electron chi connectivity index (χ1n) is 11.9. The Hall–Kier alpha value is -2.83. The number of hydrogen-bond donors (Lipinski definition) is 1. The maximum absolute atomic E-state index is 14.6. The van der Waals surface area contributed by atoms with Crippen LogP contribution in [0.25, 0.3) is 0 Å². The SMILES string of the molecule is CC(C)(C)NC(=O)[C@H](Cc1ccccc1)N(Cc1ccccc1F)C(=O)CCSc1ccc(Cl)cc1. The second-order valence-corrected chi connectivity index (χ2v) is 11.2. The summed E-state index contributed by atoms with van der Waals surface area (Å²) in [6, 6.07) is 22.6. The third-order valence-corrected chi connectivity index (χ3v) is 6.73. The third-order valence-electron chi connectivity index (χ3n) is 5.47. The fourth-order valence-electron chi connectivity index (χ4n) is 3.75. The van der Waals surface area contributed by atoms with Crippen LogP contribution in [0.4, 0.5) is 4.39 Å². The quantitative estimate of drug-likeness (QED) is 0.306. The Morgan fingerprint density at radius 3 is 2.25 bits per heavy atom. The van der Waals surface area contributed by atoms with Crippen molar-refractivity contribution in [3.63, 3.8) is 0 Å². The van der Waals surface area contributed by atoms with E-state index in [9.17, 15) is 14.0 Å². The number of halogens is 2. The Morgan fingerprint density at radius 1 is 0.972 bits per heavy atom. The van der Waals surface area contributed by atoms with Gasteiger partial charge in [0.25, 0.3) is 0 Å². The van der Waals surface area contributed by atoms with Gasteiger partial charge in [-0.3, -0.25) is 9.59 Å². The molecule has 0 radical (unpaired) electrons. The van der Waals surface area contributed by atoms with Crippen LogP contribution >= 0.6 is 23.4 Å². The molecule has 7 heteroatoms. The van der Waals surface area contributed by atoms with Crippen molar-refractivity contribution in [3.05, 3.63) is 101 Å². The second-order valence-electron chi connectivity index (χ2n) is 9.61. The second kappa shape index (κ2) is 12.9. The van der Waals surface area contributed by atoms with Gasteiger partial charge in [-0.2, -0.15) is 0 Å². The lowest BCUT2D eigenvalue weighted by Gasteiger charge is -2.34. The average Bonchev–Trinajstić information content (AvgIpc) is 2.83. The smallest absolute Gasteiger partial charge is 0.243 e.